The molecule has 0 aliphatic carbocycles. The molecule has 0 bridgehead atoms. The van der Waals surface area contributed by atoms with Gasteiger partial charge in [-0.15, -0.1) is 0 Å². The SMILES string of the molecule is C=[PH+]OCCC(OPC)C(C)OC. The Bertz CT molecular complexity index is 133. The summed E-state index contributed by atoms with van der Waals surface area (Å²) in [6.45, 7) is 4.72. The Hall–Kier alpha value is 0.480. The lowest BCUT2D eigenvalue weighted by molar-refractivity contribution is 0.0126. The molecule has 0 fully saturated rings. The lowest BCUT2D eigenvalue weighted by Crippen LogP contribution is -2.27. The molecule has 0 aromatic carbocycles. The second kappa shape index (κ2) is 9.05. The van der Waals surface area contributed by atoms with Crippen molar-refractivity contribution in [3.8, 4) is 0 Å². The molecule has 0 saturated carbocycles. The van der Waals surface area contributed by atoms with Crippen molar-refractivity contribution in [2.75, 3.05) is 20.4 Å². The molecular formula is C8H19O3P2+. The second-order valence-corrected chi connectivity index (χ2v) is 3.80. The highest BCUT2D eigenvalue weighted by molar-refractivity contribution is 7.31. The molecule has 0 saturated heterocycles. The Labute approximate surface area is 83.9 Å². The van der Waals surface area contributed by atoms with E-state index in [1.54, 1.807) is 7.11 Å². The van der Waals surface area contributed by atoms with Gasteiger partial charge in [-0.05, 0) is 13.6 Å². The summed E-state index contributed by atoms with van der Waals surface area (Å²) >= 11 is 0. The summed E-state index contributed by atoms with van der Waals surface area (Å²) < 4.78 is 15.9. The highest BCUT2D eigenvalue weighted by Gasteiger charge is 2.17. The fourth-order valence-corrected chi connectivity index (χ4v) is 1.81. The Morgan fingerprint density at radius 3 is 2.69 bits per heavy atom. The first-order valence-electron chi connectivity index (χ1n) is 4.25. The predicted octanol–water partition coefficient (Wildman–Crippen LogP) is 2.06. The van der Waals surface area contributed by atoms with Crippen LogP contribution in [0.4, 0.5) is 0 Å². The lowest BCUT2D eigenvalue weighted by Gasteiger charge is -2.21. The van der Waals surface area contributed by atoms with Crippen molar-refractivity contribution in [3.63, 3.8) is 0 Å². The summed E-state index contributed by atoms with van der Waals surface area (Å²) in [5.41, 5.74) is 0. The van der Waals surface area contributed by atoms with Crippen LogP contribution in [0.5, 0.6) is 0 Å². The summed E-state index contributed by atoms with van der Waals surface area (Å²) in [5, 5.41) is 0. The monoisotopic (exact) mass is 225 g/mol. The lowest BCUT2D eigenvalue weighted by atomic mass is 10.2. The van der Waals surface area contributed by atoms with Crippen LogP contribution in [0.25, 0.3) is 0 Å². The number of hydrogen-bond donors (Lipinski definition) is 0. The van der Waals surface area contributed by atoms with Crippen LogP contribution >= 0.6 is 17.2 Å². The van der Waals surface area contributed by atoms with Gasteiger partial charge in [0.2, 0.25) is 8.43 Å². The number of hydrogen-bond acceptors (Lipinski definition) is 3. The zero-order valence-corrected chi connectivity index (χ0v) is 10.5. The van der Waals surface area contributed by atoms with Gasteiger partial charge in [0, 0.05) is 22.3 Å². The fourth-order valence-electron chi connectivity index (χ4n) is 0.940. The smallest absolute Gasteiger partial charge is 0.232 e. The Kier molecular flexibility index (Phi) is 9.39. The zero-order valence-electron chi connectivity index (χ0n) is 8.50. The third-order valence-corrected chi connectivity index (χ3v) is 2.72. The minimum absolute atomic E-state index is 0.129. The van der Waals surface area contributed by atoms with Crippen molar-refractivity contribution in [2.24, 2.45) is 0 Å². The minimum Gasteiger partial charge on any atom is -0.379 e. The zero-order chi connectivity index (χ0) is 10.1. The molecule has 0 rings (SSSR count). The Morgan fingerprint density at radius 1 is 1.54 bits per heavy atom. The van der Waals surface area contributed by atoms with Gasteiger partial charge in [-0.2, -0.15) is 4.52 Å². The number of rotatable bonds is 8. The van der Waals surface area contributed by atoms with E-state index in [-0.39, 0.29) is 12.2 Å². The molecule has 5 heteroatoms. The van der Waals surface area contributed by atoms with Crippen LogP contribution in [-0.4, -0.2) is 38.9 Å². The van der Waals surface area contributed by atoms with E-state index in [4.69, 9.17) is 13.8 Å². The van der Waals surface area contributed by atoms with E-state index in [1.165, 1.54) is 0 Å². The highest BCUT2D eigenvalue weighted by atomic mass is 31.1. The number of methoxy groups -OCH3 is 1. The maximum atomic E-state index is 5.55. The standard InChI is InChI=1S/C8H18O3P2/c1-7(9-2)8(11-13-4)5-6-10-12-3/h7-8,13H,3,5-6H2,1-2,4H3/p+1. The van der Waals surface area contributed by atoms with Gasteiger partial charge in [-0.25, -0.2) is 0 Å². The minimum atomic E-state index is 0.129. The second-order valence-electron chi connectivity index (χ2n) is 2.58. The average Bonchev–Trinajstić information content (AvgIpc) is 2.16. The van der Waals surface area contributed by atoms with Gasteiger partial charge < -0.3 is 9.26 Å². The van der Waals surface area contributed by atoms with Crippen LogP contribution in [0, 0.1) is 0 Å². The van der Waals surface area contributed by atoms with E-state index in [0.717, 1.165) is 6.42 Å². The molecule has 0 amide bonds. The summed E-state index contributed by atoms with van der Waals surface area (Å²) in [5.74, 6) is 0. The van der Waals surface area contributed by atoms with Gasteiger partial charge in [0.05, 0.1) is 12.2 Å². The van der Waals surface area contributed by atoms with Crippen LogP contribution < -0.4 is 0 Å². The van der Waals surface area contributed by atoms with Crippen molar-refractivity contribution in [1.82, 2.24) is 0 Å². The topological polar surface area (TPSA) is 27.7 Å². The van der Waals surface area contributed by atoms with Gasteiger partial charge in [-0.3, -0.25) is 0 Å². The summed E-state index contributed by atoms with van der Waals surface area (Å²) in [4.78, 5) is 0. The third-order valence-electron chi connectivity index (χ3n) is 1.77. The van der Waals surface area contributed by atoms with E-state index in [0.29, 0.717) is 23.8 Å². The molecule has 0 aliphatic rings. The molecule has 13 heavy (non-hydrogen) atoms. The molecular weight excluding hydrogens is 206 g/mol. The van der Waals surface area contributed by atoms with Gasteiger partial charge in [0.25, 0.3) is 0 Å². The maximum absolute atomic E-state index is 5.55. The van der Waals surface area contributed by atoms with E-state index in [1.807, 2.05) is 13.6 Å². The van der Waals surface area contributed by atoms with Crippen LogP contribution in [-0.2, 0) is 13.8 Å². The summed E-state index contributed by atoms with van der Waals surface area (Å²) in [7, 11) is 2.50. The molecule has 4 atom stereocenters. The molecule has 0 N–H and O–H groups in total. The van der Waals surface area contributed by atoms with Crippen LogP contribution in [0.1, 0.15) is 13.3 Å². The van der Waals surface area contributed by atoms with Gasteiger partial charge in [-0.1, -0.05) is 0 Å². The summed E-state index contributed by atoms with van der Waals surface area (Å²) in [6.07, 6.45) is 4.77. The first kappa shape index (κ1) is 13.5. The third kappa shape index (κ3) is 6.54. The van der Waals surface area contributed by atoms with Crippen molar-refractivity contribution in [2.45, 2.75) is 25.6 Å². The molecule has 0 radical (unpaired) electrons. The van der Waals surface area contributed by atoms with Gasteiger partial charge >= 0.3 is 0 Å². The van der Waals surface area contributed by atoms with Crippen LogP contribution in [0.2, 0.25) is 0 Å². The average molecular weight is 225 g/mol. The molecule has 78 valence electrons. The Morgan fingerprint density at radius 2 is 2.23 bits per heavy atom. The predicted molar refractivity (Wildman–Crippen MR) is 61.6 cm³/mol. The van der Waals surface area contributed by atoms with E-state index >= 15 is 0 Å². The van der Waals surface area contributed by atoms with Gasteiger partial charge in [0.1, 0.15) is 12.9 Å². The highest BCUT2D eigenvalue weighted by Crippen LogP contribution is 2.17. The van der Waals surface area contributed by atoms with Crippen molar-refractivity contribution in [1.29, 1.82) is 0 Å². The van der Waals surface area contributed by atoms with Crippen molar-refractivity contribution in [3.05, 3.63) is 0 Å². The Balaban J connectivity index is 3.71. The largest absolute Gasteiger partial charge is 0.379 e. The first-order chi connectivity index (χ1) is 6.26. The maximum Gasteiger partial charge on any atom is 0.232 e. The van der Waals surface area contributed by atoms with E-state index in [2.05, 4.69) is 6.30 Å². The van der Waals surface area contributed by atoms with Gasteiger partial charge in [0.15, 0.2) is 0 Å². The molecule has 0 aromatic rings. The number of ether oxygens (including phenoxy) is 1. The molecule has 0 aromatic heterocycles. The molecule has 0 heterocycles. The molecule has 0 aliphatic heterocycles. The van der Waals surface area contributed by atoms with E-state index < -0.39 is 0 Å². The first-order valence-corrected chi connectivity index (χ1v) is 6.77. The molecule has 3 nitrogen and oxygen atoms in total. The van der Waals surface area contributed by atoms with Crippen LogP contribution in [0.15, 0.2) is 0 Å². The normalized spacial score (nSPS) is 16.8. The van der Waals surface area contributed by atoms with Crippen molar-refractivity contribution >= 4 is 23.5 Å². The quantitative estimate of drug-likeness (QED) is 0.467. The van der Waals surface area contributed by atoms with Crippen molar-refractivity contribution < 1.29 is 13.8 Å². The van der Waals surface area contributed by atoms with E-state index in [9.17, 15) is 0 Å². The fraction of sp³-hybridized carbons (Fsp3) is 0.875. The molecule has 0 spiro atoms. The molecule has 4 unspecified atom stereocenters. The summed E-state index contributed by atoms with van der Waals surface area (Å²) in [6, 6.07) is 0. The van der Waals surface area contributed by atoms with Crippen LogP contribution in [0.3, 0.4) is 0 Å².